The van der Waals surface area contributed by atoms with Gasteiger partial charge in [-0.2, -0.15) is 0 Å². The average molecular weight is 653 g/mol. The number of halogens is 2. The zero-order valence-electron chi connectivity index (χ0n) is 24.6. The van der Waals surface area contributed by atoms with Crippen LogP contribution in [0.2, 0.25) is 0 Å². The fourth-order valence-electron chi connectivity index (χ4n) is 6.39. The summed E-state index contributed by atoms with van der Waals surface area (Å²) in [5, 5.41) is 0. The maximum absolute atomic E-state index is 2.36. The predicted octanol–water partition coefficient (Wildman–Crippen LogP) is 2.76. The van der Waals surface area contributed by atoms with Gasteiger partial charge >= 0.3 is 0 Å². The molecule has 1 aliphatic rings. The fourth-order valence-corrected chi connectivity index (χ4v) is 6.39. The van der Waals surface area contributed by atoms with E-state index in [4.69, 9.17) is 0 Å². The molecule has 1 saturated heterocycles. The molecule has 0 amide bonds. The van der Waals surface area contributed by atoms with E-state index in [1.54, 1.807) is 0 Å². The second kappa shape index (κ2) is 20.2. The molecule has 1 heterocycles. The van der Waals surface area contributed by atoms with Gasteiger partial charge in [0.2, 0.25) is 0 Å². The monoisotopic (exact) mass is 650 g/mol. The summed E-state index contributed by atoms with van der Waals surface area (Å²) in [6.07, 6.45) is 16.8. The fraction of sp³-hybridized carbons (Fsp3) is 0.647. The highest BCUT2D eigenvalue weighted by Gasteiger charge is 2.41. The Labute approximate surface area is 256 Å². The van der Waals surface area contributed by atoms with E-state index in [0.717, 1.165) is 0 Å². The van der Waals surface area contributed by atoms with Crippen LogP contribution in [0.1, 0.15) is 102 Å². The van der Waals surface area contributed by atoms with Crippen LogP contribution in [-0.2, 0) is 13.1 Å². The minimum Gasteiger partial charge on any atom is -1.00 e. The lowest BCUT2D eigenvalue weighted by Crippen LogP contribution is -3.00. The summed E-state index contributed by atoms with van der Waals surface area (Å²) in [7, 11) is 0. The van der Waals surface area contributed by atoms with Gasteiger partial charge in [-0.25, -0.2) is 0 Å². The highest BCUT2D eigenvalue weighted by molar-refractivity contribution is 5.14. The molecule has 216 valence electrons. The molecule has 2 aromatic carbocycles. The van der Waals surface area contributed by atoms with Crippen LogP contribution in [0, 0.1) is 0 Å². The number of unbranched alkanes of at least 4 members (excludes halogenated alkanes) is 10. The lowest BCUT2D eigenvalue weighted by atomic mass is 10.0. The molecule has 0 aliphatic carbocycles. The lowest BCUT2D eigenvalue weighted by Gasteiger charge is -2.50. The molecule has 0 aromatic heterocycles. The summed E-state index contributed by atoms with van der Waals surface area (Å²) in [5.74, 6) is 0. The Bertz CT molecular complexity index is 734. The van der Waals surface area contributed by atoms with Crippen molar-refractivity contribution in [2.45, 2.75) is 104 Å². The molecule has 2 aromatic rings. The number of nitrogens with zero attached hydrogens (tertiary/aromatic N) is 2. The van der Waals surface area contributed by atoms with Gasteiger partial charge in [0.1, 0.15) is 39.3 Å². The zero-order chi connectivity index (χ0) is 25.4. The largest absolute Gasteiger partial charge is 1.00 e. The van der Waals surface area contributed by atoms with Crippen molar-refractivity contribution in [2.75, 3.05) is 39.3 Å². The molecular formula is C34H56Br2N2. The molecule has 0 radical (unpaired) electrons. The maximum atomic E-state index is 2.36. The topological polar surface area (TPSA) is 0 Å². The van der Waals surface area contributed by atoms with E-state index in [1.807, 2.05) is 0 Å². The highest BCUT2D eigenvalue weighted by Crippen LogP contribution is 2.27. The van der Waals surface area contributed by atoms with Crippen LogP contribution >= 0.6 is 0 Å². The number of hydrogen-bond donors (Lipinski definition) is 0. The number of hydrogen-bond acceptors (Lipinski definition) is 0. The highest BCUT2D eigenvalue weighted by atomic mass is 79.9. The molecule has 38 heavy (non-hydrogen) atoms. The molecule has 1 aliphatic heterocycles. The summed E-state index contributed by atoms with van der Waals surface area (Å²) in [4.78, 5) is 0. The van der Waals surface area contributed by atoms with Crippen molar-refractivity contribution < 1.29 is 42.9 Å². The number of quaternary nitrogens is 2. The predicted molar refractivity (Wildman–Crippen MR) is 157 cm³/mol. The smallest absolute Gasteiger partial charge is 0.129 e. The molecule has 0 spiro atoms. The molecule has 0 unspecified atom stereocenters. The molecule has 3 rings (SSSR count). The normalized spacial score (nSPS) is 20.9. The minimum atomic E-state index is 0. The van der Waals surface area contributed by atoms with Crippen LogP contribution < -0.4 is 34.0 Å². The van der Waals surface area contributed by atoms with E-state index >= 15 is 0 Å². The second-order valence-corrected chi connectivity index (χ2v) is 11.8. The Balaban J connectivity index is 0.00000361. The molecule has 4 heteroatoms. The van der Waals surface area contributed by atoms with E-state index in [2.05, 4.69) is 74.5 Å². The van der Waals surface area contributed by atoms with Gasteiger partial charge in [-0.1, -0.05) is 126 Å². The van der Waals surface area contributed by atoms with Gasteiger partial charge in [-0.05, 0) is 25.7 Å². The first kappa shape index (κ1) is 35.3. The Kier molecular flexibility index (Phi) is 18.8. The third-order valence-electron chi connectivity index (χ3n) is 8.79. The first-order valence-electron chi connectivity index (χ1n) is 15.5. The maximum Gasteiger partial charge on any atom is 0.129 e. The summed E-state index contributed by atoms with van der Waals surface area (Å²) in [6.45, 7) is 15.2. The van der Waals surface area contributed by atoms with E-state index in [1.165, 1.54) is 150 Å². The molecule has 0 atom stereocenters. The summed E-state index contributed by atoms with van der Waals surface area (Å²) in [5.41, 5.74) is 3.06. The van der Waals surface area contributed by atoms with Gasteiger partial charge in [-0.15, -0.1) is 0 Å². The summed E-state index contributed by atoms with van der Waals surface area (Å²) in [6, 6.07) is 22.7. The van der Waals surface area contributed by atoms with Gasteiger partial charge in [-0.3, -0.25) is 0 Å². The molecule has 0 saturated carbocycles. The molecule has 2 nitrogen and oxygen atoms in total. The first-order valence-corrected chi connectivity index (χ1v) is 15.5. The van der Waals surface area contributed by atoms with E-state index in [9.17, 15) is 0 Å². The van der Waals surface area contributed by atoms with Crippen molar-refractivity contribution in [1.29, 1.82) is 0 Å². The molecular weight excluding hydrogens is 596 g/mol. The van der Waals surface area contributed by atoms with Crippen molar-refractivity contribution in [3.63, 3.8) is 0 Å². The van der Waals surface area contributed by atoms with Gasteiger partial charge in [0.25, 0.3) is 0 Å². The SMILES string of the molecule is CCCCCCCC[N+]1(Cc2ccccc2)CC[N+](CCCCCCCC)(Cc2ccccc2)CC1.[Br-].[Br-]. The Hall–Kier alpha value is -0.680. The van der Waals surface area contributed by atoms with Crippen LogP contribution in [0.25, 0.3) is 0 Å². The van der Waals surface area contributed by atoms with E-state index in [0.29, 0.717) is 0 Å². The Morgan fingerprint density at radius 2 is 0.763 bits per heavy atom. The lowest BCUT2D eigenvalue weighted by molar-refractivity contribution is -1.04. The standard InChI is InChI=1S/C34H56N2.2BrH/c1-3-5-7-9-11-19-25-35(31-33-21-15-13-16-22-33)27-29-36(30-28-35,26-20-12-10-8-6-4-2)32-34-23-17-14-18-24-34;;/h13-18,21-24H,3-12,19-20,25-32H2,1-2H3;2*1H/q+2;;/p-2. The van der Waals surface area contributed by atoms with Gasteiger partial charge < -0.3 is 42.9 Å². The van der Waals surface area contributed by atoms with E-state index in [-0.39, 0.29) is 34.0 Å². The van der Waals surface area contributed by atoms with Gasteiger partial charge in [0, 0.05) is 11.1 Å². The third-order valence-corrected chi connectivity index (χ3v) is 8.79. The van der Waals surface area contributed by atoms with E-state index < -0.39 is 0 Å². The number of benzene rings is 2. The second-order valence-electron chi connectivity index (χ2n) is 11.8. The summed E-state index contributed by atoms with van der Waals surface area (Å²) < 4.78 is 2.62. The molecule has 0 N–H and O–H groups in total. The Morgan fingerprint density at radius 1 is 0.447 bits per heavy atom. The van der Waals surface area contributed by atoms with Crippen LogP contribution in [0.5, 0.6) is 0 Å². The quantitative estimate of drug-likeness (QED) is 0.172. The van der Waals surface area contributed by atoms with Gasteiger partial charge in [0.15, 0.2) is 0 Å². The number of piperazine rings is 1. The van der Waals surface area contributed by atoms with Crippen LogP contribution in [0.3, 0.4) is 0 Å². The first-order chi connectivity index (χ1) is 17.7. The molecule has 1 fully saturated rings. The van der Waals surface area contributed by atoms with Crippen molar-refractivity contribution in [1.82, 2.24) is 0 Å². The van der Waals surface area contributed by atoms with Crippen molar-refractivity contribution in [3.8, 4) is 0 Å². The van der Waals surface area contributed by atoms with Crippen LogP contribution in [-0.4, -0.2) is 48.2 Å². The molecule has 0 bridgehead atoms. The van der Waals surface area contributed by atoms with Crippen LogP contribution in [0.4, 0.5) is 0 Å². The van der Waals surface area contributed by atoms with Crippen molar-refractivity contribution in [2.24, 2.45) is 0 Å². The van der Waals surface area contributed by atoms with Crippen LogP contribution in [0.15, 0.2) is 60.7 Å². The Morgan fingerprint density at radius 3 is 1.11 bits per heavy atom. The summed E-state index contributed by atoms with van der Waals surface area (Å²) >= 11 is 0. The minimum absolute atomic E-state index is 0. The third kappa shape index (κ3) is 12.7. The van der Waals surface area contributed by atoms with Crippen molar-refractivity contribution in [3.05, 3.63) is 71.8 Å². The van der Waals surface area contributed by atoms with Crippen molar-refractivity contribution >= 4 is 0 Å². The number of rotatable bonds is 18. The van der Waals surface area contributed by atoms with Gasteiger partial charge in [0.05, 0.1) is 13.1 Å². The zero-order valence-corrected chi connectivity index (χ0v) is 27.7. The average Bonchev–Trinajstić information content (AvgIpc) is 2.91.